The topological polar surface area (TPSA) is 132 Å². The number of Topliss-reactive ketones (excluding diaryl/α,β-unsaturated/α-hetero) is 1. The number of ether oxygens (including phenoxy) is 1. The van der Waals surface area contributed by atoms with Crippen LogP contribution in [0.1, 0.15) is 23.2 Å². The Balaban J connectivity index is 1.44. The number of rotatable bonds is 7. The molecule has 1 fully saturated rings. The molecule has 5 rings (SSSR count). The predicted octanol–water partition coefficient (Wildman–Crippen LogP) is 3.36. The molecule has 1 N–H and O–H groups in total. The van der Waals surface area contributed by atoms with E-state index in [4.69, 9.17) is 4.74 Å². The Bertz CT molecular complexity index is 1610. The van der Waals surface area contributed by atoms with Gasteiger partial charge in [-0.25, -0.2) is 19.3 Å². The molecule has 40 heavy (non-hydrogen) atoms. The molecule has 206 valence electrons. The van der Waals surface area contributed by atoms with E-state index in [0.717, 1.165) is 16.0 Å². The summed E-state index contributed by atoms with van der Waals surface area (Å²) in [5, 5.41) is 7.59. The molecule has 1 aliphatic heterocycles. The number of benzene rings is 1. The van der Waals surface area contributed by atoms with Crippen LogP contribution in [0.5, 0.6) is 0 Å². The molecule has 3 atom stereocenters. The number of aromatic nitrogens is 5. The maximum Gasteiger partial charge on any atom is 0.251 e. The van der Waals surface area contributed by atoms with Gasteiger partial charge in [0.25, 0.3) is 5.91 Å². The summed E-state index contributed by atoms with van der Waals surface area (Å²) in [4.78, 5) is 53.0. The third-order valence-corrected chi connectivity index (χ3v) is 7.13. The Labute approximate surface area is 236 Å². The second-order valence-electron chi connectivity index (χ2n) is 9.36. The summed E-state index contributed by atoms with van der Waals surface area (Å²) in [6, 6.07) is 9.08. The van der Waals surface area contributed by atoms with E-state index in [-0.39, 0.29) is 30.4 Å². The van der Waals surface area contributed by atoms with E-state index in [1.807, 2.05) is 6.07 Å². The molecule has 2 amide bonds. The Kier molecular flexibility index (Phi) is 7.68. The zero-order valence-corrected chi connectivity index (χ0v) is 23.4. The third-order valence-electron chi connectivity index (χ3n) is 6.69. The number of ketones is 1. The number of methoxy groups -OCH3 is 1. The van der Waals surface area contributed by atoms with E-state index in [9.17, 15) is 18.8 Å². The number of likely N-dealkylation sites (tertiary alicyclic amines) is 1. The van der Waals surface area contributed by atoms with E-state index in [0.29, 0.717) is 21.3 Å². The lowest BCUT2D eigenvalue weighted by molar-refractivity contribution is -0.139. The van der Waals surface area contributed by atoms with Crippen molar-refractivity contribution in [3.05, 3.63) is 64.9 Å². The quantitative estimate of drug-likeness (QED) is 0.249. The smallest absolute Gasteiger partial charge is 0.251 e. The third kappa shape index (κ3) is 5.34. The van der Waals surface area contributed by atoms with Crippen LogP contribution in [-0.4, -0.2) is 79.2 Å². The van der Waals surface area contributed by atoms with Gasteiger partial charge in [-0.15, -0.1) is 0 Å². The highest BCUT2D eigenvalue weighted by Gasteiger charge is 2.48. The first kappa shape index (κ1) is 27.5. The molecule has 0 spiro atoms. The SMILES string of the molecule is CO[C@H]1[C@@H](C(=O)Nc2cccc(Br)n2)N(C(=O)Cn2nc(C(C)=O)c3cc(-c4cnc(C)nc4)ccc32)C[C@@H]1F. The fourth-order valence-corrected chi connectivity index (χ4v) is 5.13. The fourth-order valence-electron chi connectivity index (χ4n) is 4.78. The van der Waals surface area contributed by atoms with Gasteiger partial charge in [0.1, 0.15) is 46.8 Å². The van der Waals surface area contributed by atoms with Crippen LogP contribution in [0.3, 0.4) is 0 Å². The van der Waals surface area contributed by atoms with E-state index >= 15 is 0 Å². The van der Waals surface area contributed by atoms with Crippen LogP contribution in [-0.2, 0) is 20.9 Å². The van der Waals surface area contributed by atoms with E-state index in [1.54, 1.807) is 49.6 Å². The number of nitrogens with one attached hydrogen (secondary N) is 1. The summed E-state index contributed by atoms with van der Waals surface area (Å²) in [5.41, 5.74) is 2.26. The van der Waals surface area contributed by atoms with Gasteiger partial charge in [-0.3, -0.25) is 19.1 Å². The summed E-state index contributed by atoms with van der Waals surface area (Å²) in [7, 11) is 1.29. The van der Waals surface area contributed by atoms with Crippen LogP contribution < -0.4 is 5.32 Å². The molecule has 11 nitrogen and oxygen atoms in total. The van der Waals surface area contributed by atoms with Gasteiger partial charge in [0.2, 0.25) is 5.91 Å². The molecule has 1 aliphatic rings. The van der Waals surface area contributed by atoms with Crippen LogP contribution in [0.25, 0.3) is 22.0 Å². The zero-order chi connectivity index (χ0) is 28.6. The van der Waals surface area contributed by atoms with E-state index < -0.39 is 30.1 Å². The summed E-state index contributed by atoms with van der Waals surface area (Å²) in [6.07, 6.45) is 0.624. The van der Waals surface area contributed by atoms with Crippen LogP contribution in [0.4, 0.5) is 10.2 Å². The minimum absolute atomic E-state index is 0.187. The highest BCUT2D eigenvalue weighted by Crippen LogP contribution is 2.29. The standard InChI is InChI=1S/C27H25BrFN7O4/c1-14(37)24-18-9-16(17-10-30-15(2)31-11-17)7-8-20(18)36(34-24)13-23(38)35-12-19(29)26(40-3)25(35)27(39)33-22-6-4-5-21(28)32-22/h4-11,19,25-26H,12-13H2,1-3H3,(H,32,33,39)/t19-,25-,26+/m0/s1. The number of pyridine rings is 1. The van der Waals surface area contributed by atoms with Crippen molar-refractivity contribution in [1.82, 2.24) is 29.6 Å². The highest BCUT2D eigenvalue weighted by atomic mass is 79.9. The first-order valence-corrected chi connectivity index (χ1v) is 13.2. The summed E-state index contributed by atoms with van der Waals surface area (Å²) >= 11 is 3.24. The number of carbonyl (C=O) groups is 3. The number of aryl methyl sites for hydroxylation is 1. The monoisotopic (exact) mass is 609 g/mol. The van der Waals surface area contributed by atoms with Gasteiger partial charge in [0, 0.05) is 37.4 Å². The van der Waals surface area contributed by atoms with Crippen molar-refractivity contribution in [1.29, 1.82) is 0 Å². The lowest BCUT2D eigenvalue weighted by atomic mass is 10.0. The van der Waals surface area contributed by atoms with E-state index in [1.165, 1.54) is 18.7 Å². The van der Waals surface area contributed by atoms with Gasteiger partial charge in [-0.2, -0.15) is 5.10 Å². The zero-order valence-electron chi connectivity index (χ0n) is 21.8. The number of alkyl halides is 1. The molecule has 13 heteroatoms. The van der Waals surface area contributed by atoms with Gasteiger partial charge in [0.05, 0.1) is 12.1 Å². The van der Waals surface area contributed by atoms with Crippen molar-refractivity contribution in [2.24, 2.45) is 0 Å². The molecule has 4 heterocycles. The van der Waals surface area contributed by atoms with Crippen molar-refractivity contribution in [2.45, 2.75) is 38.7 Å². The second kappa shape index (κ2) is 11.2. The van der Waals surface area contributed by atoms with Crippen molar-refractivity contribution in [3.8, 4) is 11.1 Å². The summed E-state index contributed by atoms with van der Waals surface area (Å²) in [6.45, 7) is 2.52. The number of hydrogen-bond donors (Lipinski definition) is 1. The molecule has 3 aromatic heterocycles. The second-order valence-corrected chi connectivity index (χ2v) is 10.2. The van der Waals surface area contributed by atoms with Gasteiger partial charge in [-0.1, -0.05) is 12.1 Å². The van der Waals surface area contributed by atoms with Crippen molar-refractivity contribution in [3.63, 3.8) is 0 Å². The summed E-state index contributed by atoms with van der Waals surface area (Å²) < 4.78 is 22.1. The molecule has 4 aromatic rings. The van der Waals surface area contributed by atoms with Crippen molar-refractivity contribution < 1.29 is 23.5 Å². The van der Waals surface area contributed by atoms with Gasteiger partial charge < -0.3 is 15.0 Å². The van der Waals surface area contributed by atoms with E-state index in [2.05, 4.69) is 41.3 Å². The van der Waals surface area contributed by atoms with Gasteiger partial charge >= 0.3 is 0 Å². The molecule has 1 aromatic carbocycles. The van der Waals surface area contributed by atoms with Gasteiger partial charge in [0.15, 0.2) is 5.78 Å². The van der Waals surface area contributed by atoms with Crippen LogP contribution >= 0.6 is 15.9 Å². The Morgan fingerprint density at radius 1 is 1.15 bits per heavy atom. The van der Waals surface area contributed by atoms with Crippen LogP contribution in [0, 0.1) is 6.92 Å². The maximum absolute atomic E-state index is 14.9. The largest absolute Gasteiger partial charge is 0.376 e. The lowest BCUT2D eigenvalue weighted by Gasteiger charge is -2.26. The first-order chi connectivity index (χ1) is 19.2. The normalized spacial score (nSPS) is 18.7. The molecule has 0 bridgehead atoms. The van der Waals surface area contributed by atoms with Crippen molar-refractivity contribution in [2.75, 3.05) is 19.0 Å². The highest BCUT2D eigenvalue weighted by molar-refractivity contribution is 9.10. The number of fused-ring (bicyclic) bond motifs is 1. The Morgan fingerprint density at radius 2 is 1.90 bits per heavy atom. The van der Waals surface area contributed by atoms with Gasteiger partial charge in [-0.05, 0) is 52.7 Å². The number of amides is 2. The van der Waals surface area contributed by atoms with Crippen LogP contribution in [0.2, 0.25) is 0 Å². The van der Waals surface area contributed by atoms with Crippen molar-refractivity contribution >= 4 is 50.2 Å². The molecule has 0 radical (unpaired) electrons. The minimum Gasteiger partial charge on any atom is -0.376 e. The number of anilines is 1. The molecule has 0 aliphatic carbocycles. The molecular formula is C27H25BrFN7O4. The number of halogens is 2. The molecule has 0 saturated carbocycles. The number of hydrogen-bond acceptors (Lipinski definition) is 8. The molecule has 0 unspecified atom stereocenters. The predicted molar refractivity (Wildman–Crippen MR) is 147 cm³/mol. The molecule has 1 saturated heterocycles. The average molecular weight is 610 g/mol. The summed E-state index contributed by atoms with van der Waals surface area (Å²) in [5.74, 6) is -0.598. The first-order valence-electron chi connectivity index (χ1n) is 12.4. The minimum atomic E-state index is -1.58. The maximum atomic E-state index is 14.9. The average Bonchev–Trinajstić information content (AvgIpc) is 3.46. The lowest BCUT2D eigenvalue weighted by Crippen LogP contribution is -2.49. The number of carbonyl (C=O) groups excluding carboxylic acids is 3. The molecular weight excluding hydrogens is 585 g/mol. The Hall–Kier alpha value is -4.10. The van der Waals surface area contributed by atoms with Crippen LogP contribution in [0.15, 0.2) is 53.4 Å². The number of nitrogens with zero attached hydrogens (tertiary/aromatic N) is 6. The fraction of sp³-hybridized carbons (Fsp3) is 0.296. The Morgan fingerprint density at radius 3 is 2.58 bits per heavy atom.